The first kappa shape index (κ1) is 13.9. The van der Waals surface area contributed by atoms with Crippen LogP contribution in [0.3, 0.4) is 0 Å². The molecule has 109 valence electrons. The van der Waals surface area contributed by atoms with Gasteiger partial charge < -0.3 is 0 Å². The van der Waals surface area contributed by atoms with E-state index in [0.717, 1.165) is 16.5 Å². The minimum atomic E-state index is -2.49. The van der Waals surface area contributed by atoms with Gasteiger partial charge in [-0.15, -0.1) is 0 Å². The second kappa shape index (κ2) is 5.19. The second-order valence-electron chi connectivity index (χ2n) is 5.52. The van der Waals surface area contributed by atoms with E-state index in [1.807, 2.05) is 24.3 Å². The molecule has 0 N–H and O–H groups in total. The summed E-state index contributed by atoms with van der Waals surface area (Å²) in [6.45, 7) is 0. The van der Waals surface area contributed by atoms with Gasteiger partial charge in [-0.2, -0.15) is 0 Å². The number of para-hydroxylation sites is 2. The van der Waals surface area contributed by atoms with Crippen LogP contribution in [0.5, 0.6) is 11.5 Å². The van der Waals surface area contributed by atoms with Gasteiger partial charge in [-0.05, 0) is 0 Å². The number of hydrogen-bond donors (Lipinski definition) is 0. The summed E-state index contributed by atoms with van der Waals surface area (Å²) in [5.41, 5.74) is 2.42. The molecule has 1 radical (unpaired) electrons. The Balaban J connectivity index is 2.03. The zero-order valence-electron chi connectivity index (χ0n) is 12.2. The average molecular weight is 370 g/mol. The fourth-order valence-electron chi connectivity index (χ4n) is 3.09. The van der Waals surface area contributed by atoms with Gasteiger partial charge >= 0.3 is 138 Å². The van der Waals surface area contributed by atoms with Crippen LogP contribution in [0.4, 0.5) is 0 Å². The Morgan fingerprint density at radius 2 is 1.23 bits per heavy atom. The number of fused-ring (bicyclic) bond motifs is 2. The van der Waals surface area contributed by atoms with Gasteiger partial charge in [0.1, 0.15) is 0 Å². The quantitative estimate of drug-likeness (QED) is 0.596. The van der Waals surface area contributed by atoms with E-state index < -0.39 is 13.6 Å². The minimum absolute atomic E-state index is 0.778. The monoisotopic (exact) mass is 369 g/mol. The summed E-state index contributed by atoms with van der Waals surface area (Å²) in [6, 6.07) is 25.2. The standard InChI is InChI=1S/C19H15AsClO/c1-20(14-10-12-15(21)13-11-14)16-6-2-4-8-18(16)22-19-9-5-3-7-17(19)20/h2-13H,1H3. The van der Waals surface area contributed by atoms with E-state index in [0.29, 0.717) is 0 Å². The molecule has 0 unspecified atom stereocenters. The van der Waals surface area contributed by atoms with Crippen molar-refractivity contribution in [3.8, 4) is 11.5 Å². The van der Waals surface area contributed by atoms with Crippen LogP contribution in [0.1, 0.15) is 0 Å². The van der Waals surface area contributed by atoms with Crippen LogP contribution >= 0.6 is 11.6 Å². The van der Waals surface area contributed by atoms with Crippen molar-refractivity contribution in [3.05, 3.63) is 77.8 Å². The third-order valence-electron chi connectivity index (χ3n) is 4.26. The van der Waals surface area contributed by atoms with Crippen molar-refractivity contribution in [1.29, 1.82) is 0 Å². The van der Waals surface area contributed by atoms with Crippen molar-refractivity contribution < 1.29 is 4.74 Å². The predicted molar refractivity (Wildman–Crippen MR) is 94.9 cm³/mol. The summed E-state index contributed by atoms with van der Waals surface area (Å²) < 4.78 is 10.2. The van der Waals surface area contributed by atoms with E-state index in [1.165, 1.54) is 13.1 Å². The first-order valence-corrected chi connectivity index (χ1v) is 12.3. The second-order valence-corrected chi connectivity index (χ2v) is 13.3. The fraction of sp³-hybridized carbons (Fsp3) is 0.0526. The van der Waals surface area contributed by atoms with Gasteiger partial charge in [0.2, 0.25) is 0 Å². The van der Waals surface area contributed by atoms with Crippen LogP contribution in [-0.2, 0) is 0 Å². The number of rotatable bonds is 1. The van der Waals surface area contributed by atoms with Gasteiger partial charge in [0.05, 0.1) is 0 Å². The molecule has 0 aliphatic carbocycles. The van der Waals surface area contributed by atoms with Crippen molar-refractivity contribution >= 4 is 38.2 Å². The Kier molecular flexibility index (Phi) is 3.29. The van der Waals surface area contributed by atoms with Gasteiger partial charge in [-0.25, -0.2) is 0 Å². The number of halogens is 1. The molecule has 0 amide bonds. The topological polar surface area (TPSA) is 9.23 Å². The fourth-order valence-corrected chi connectivity index (χ4v) is 10.5. The Labute approximate surface area is 138 Å². The van der Waals surface area contributed by atoms with Crippen LogP contribution in [0, 0.1) is 0 Å². The Morgan fingerprint density at radius 3 is 1.77 bits per heavy atom. The van der Waals surface area contributed by atoms with Crippen LogP contribution in [0.25, 0.3) is 0 Å². The van der Waals surface area contributed by atoms with E-state index in [9.17, 15) is 0 Å². The van der Waals surface area contributed by atoms with Gasteiger partial charge in [0, 0.05) is 0 Å². The Bertz CT molecular complexity index is 797. The maximum atomic E-state index is 6.13. The molecule has 0 saturated carbocycles. The SMILES string of the molecule is C[As]1(c2ccc(Cl)cc2)c2ccccc2Oc2ccccc21. The molecule has 0 saturated heterocycles. The maximum absolute atomic E-state index is 6.13. The molecule has 1 heterocycles. The molecule has 0 aromatic heterocycles. The molecular formula is C19H15AsClO. The van der Waals surface area contributed by atoms with Crippen molar-refractivity contribution in [2.45, 2.75) is 5.71 Å². The van der Waals surface area contributed by atoms with Crippen molar-refractivity contribution in [1.82, 2.24) is 0 Å². The Morgan fingerprint density at radius 1 is 0.727 bits per heavy atom. The van der Waals surface area contributed by atoms with Crippen molar-refractivity contribution in [3.63, 3.8) is 0 Å². The molecular weight excluding hydrogens is 355 g/mol. The molecule has 4 rings (SSSR count). The summed E-state index contributed by atoms with van der Waals surface area (Å²) in [6.07, 6.45) is 0. The van der Waals surface area contributed by atoms with Gasteiger partial charge in [0.25, 0.3) is 0 Å². The van der Waals surface area contributed by atoms with E-state index in [-0.39, 0.29) is 0 Å². The van der Waals surface area contributed by atoms with Crippen LogP contribution in [-0.4, -0.2) is 13.6 Å². The average Bonchev–Trinajstić information content (AvgIpc) is 2.56. The molecule has 0 fully saturated rings. The summed E-state index contributed by atoms with van der Waals surface area (Å²) in [5.74, 6) is 1.98. The molecule has 22 heavy (non-hydrogen) atoms. The summed E-state index contributed by atoms with van der Waals surface area (Å²) >= 11 is 3.60. The molecule has 1 aliphatic heterocycles. The predicted octanol–water partition coefficient (Wildman–Crippen LogP) is 3.55. The van der Waals surface area contributed by atoms with Crippen LogP contribution < -0.4 is 17.8 Å². The molecule has 1 aliphatic rings. The molecule has 0 bridgehead atoms. The molecule has 3 aromatic carbocycles. The zero-order chi connectivity index (χ0) is 15.2. The number of hydrogen-bond acceptors (Lipinski definition) is 1. The molecule has 3 heteroatoms. The first-order chi connectivity index (χ1) is 10.7. The normalized spacial score (nSPS) is 14.6. The van der Waals surface area contributed by atoms with Crippen molar-refractivity contribution in [2.75, 3.05) is 0 Å². The molecule has 3 aromatic rings. The summed E-state index contributed by atoms with van der Waals surface area (Å²) in [5, 5.41) is 0.778. The van der Waals surface area contributed by atoms with E-state index >= 15 is 0 Å². The molecule has 0 atom stereocenters. The molecule has 0 spiro atoms. The van der Waals surface area contributed by atoms with E-state index in [2.05, 4.69) is 54.2 Å². The van der Waals surface area contributed by atoms with E-state index in [1.54, 1.807) is 0 Å². The number of ether oxygens (including phenoxy) is 1. The molecule has 1 nitrogen and oxygen atoms in total. The first-order valence-electron chi connectivity index (χ1n) is 7.19. The third-order valence-corrected chi connectivity index (χ3v) is 12.9. The van der Waals surface area contributed by atoms with Crippen LogP contribution in [0.15, 0.2) is 72.8 Å². The van der Waals surface area contributed by atoms with Crippen molar-refractivity contribution in [2.24, 2.45) is 0 Å². The number of benzene rings is 3. The van der Waals surface area contributed by atoms with Gasteiger partial charge in [-0.1, -0.05) is 0 Å². The third kappa shape index (κ3) is 2.00. The van der Waals surface area contributed by atoms with Gasteiger partial charge in [0.15, 0.2) is 0 Å². The van der Waals surface area contributed by atoms with E-state index in [4.69, 9.17) is 16.3 Å². The summed E-state index contributed by atoms with van der Waals surface area (Å²) in [7, 11) is 0. The zero-order valence-corrected chi connectivity index (χ0v) is 14.8. The van der Waals surface area contributed by atoms with Crippen LogP contribution in [0.2, 0.25) is 10.7 Å². The summed E-state index contributed by atoms with van der Waals surface area (Å²) in [4.78, 5) is 0. The van der Waals surface area contributed by atoms with Gasteiger partial charge in [-0.3, -0.25) is 0 Å². The Hall–Kier alpha value is -1.69.